The summed E-state index contributed by atoms with van der Waals surface area (Å²) in [7, 11) is 1.93. The fourth-order valence-electron chi connectivity index (χ4n) is 6.67. The lowest BCUT2D eigenvalue weighted by molar-refractivity contribution is -0.135. The summed E-state index contributed by atoms with van der Waals surface area (Å²) < 4.78 is 0. The molecule has 3 unspecified atom stereocenters. The van der Waals surface area contributed by atoms with Crippen LogP contribution < -0.4 is 0 Å². The predicted molar refractivity (Wildman–Crippen MR) is 89.3 cm³/mol. The molecule has 0 aromatic rings. The molecule has 3 heteroatoms. The van der Waals surface area contributed by atoms with E-state index in [4.69, 9.17) is 11.6 Å². The highest BCUT2D eigenvalue weighted by molar-refractivity contribution is 6.30. The van der Waals surface area contributed by atoms with E-state index in [0.29, 0.717) is 11.8 Å². The molecule has 3 fully saturated rings. The number of halogens is 1. The van der Waals surface area contributed by atoms with E-state index in [2.05, 4.69) is 13.8 Å². The quantitative estimate of drug-likeness (QED) is 0.619. The molecule has 0 aromatic carbocycles. The Morgan fingerprint density at radius 3 is 2.68 bits per heavy atom. The van der Waals surface area contributed by atoms with Crippen LogP contribution in [-0.2, 0) is 4.79 Å². The van der Waals surface area contributed by atoms with Crippen molar-refractivity contribution in [1.82, 2.24) is 4.90 Å². The fraction of sp³-hybridized carbons (Fsp3) is 0.842. The number of nitrogens with zero attached hydrogens (tertiary/aromatic N) is 1. The second-order valence-corrected chi connectivity index (χ2v) is 9.25. The van der Waals surface area contributed by atoms with Crippen LogP contribution in [0.1, 0.15) is 65.2 Å². The summed E-state index contributed by atoms with van der Waals surface area (Å²) in [6.07, 6.45) is 9.58. The van der Waals surface area contributed by atoms with Gasteiger partial charge in [0.05, 0.1) is 0 Å². The fourth-order valence-corrected chi connectivity index (χ4v) is 7.19. The van der Waals surface area contributed by atoms with Gasteiger partial charge in [-0.3, -0.25) is 4.79 Å². The number of hydrogen-bond acceptors (Lipinski definition) is 1. The number of amides is 1. The van der Waals surface area contributed by atoms with Crippen LogP contribution in [0.3, 0.4) is 0 Å². The van der Waals surface area contributed by atoms with Crippen LogP contribution in [-0.4, -0.2) is 17.9 Å². The van der Waals surface area contributed by atoms with E-state index in [9.17, 15) is 4.79 Å². The van der Waals surface area contributed by atoms with Gasteiger partial charge in [0.1, 0.15) is 0 Å². The van der Waals surface area contributed by atoms with Gasteiger partial charge in [0, 0.05) is 29.6 Å². The molecule has 5 atom stereocenters. The Labute approximate surface area is 139 Å². The average Bonchev–Trinajstić information content (AvgIpc) is 2.85. The van der Waals surface area contributed by atoms with Gasteiger partial charge in [-0.15, -0.1) is 0 Å². The number of likely N-dealkylation sites (tertiary alicyclic amines) is 1. The molecule has 4 rings (SSSR count). The van der Waals surface area contributed by atoms with Crippen LogP contribution in [0, 0.1) is 28.6 Å². The Hall–Kier alpha value is -0.500. The van der Waals surface area contributed by atoms with Crippen molar-refractivity contribution in [2.45, 2.75) is 65.2 Å². The molecule has 1 aliphatic heterocycles. The largest absolute Gasteiger partial charge is 0.318 e. The lowest BCUT2D eigenvalue weighted by atomic mass is 9.50. The lowest BCUT2D eigenvalue weighted by Crippen LogP contribution is -2.53. The highest BCUT2D eigenvalue weighted by atomic mass is 35.5. The van der Waals surface area contributed by atoms with Crippen molar-refractivity contribution in [3.63, 3.8) is 0 Å². The molecule has 0 N–H and O–H groups in total. The first-order valence-corrected chi connectivity index (χ1v) is 9.40. The van der Waals surface area contributed by atoms with Gasteiger partial charge in [-0.1, -0.05) is 31.9 Å². The maximum absolute atomic E-state index is 12.2. The van der Waals surface area contributed by atoms with Crippen LogP contribution in [0.15, 0.2) is 10.7 Å². The number of fused-ring (bicyclic) bond motifs is 5. The zero-order chi connectivity index (χ0) is 15.7. The van der Waals surface area contributed by atoms with Crippen molar-refractivity contribution in [1.29, 1.82) is 0 Å². The van der Waals surface area contributed by atoms with E-state index in [-0.39, 0.29) is 11.3 Å². The third-order valence-corrected chi connectivity index (χ3v) is 8.15. The van der Waals surface area contributed by atoms with E-state index in [1.165, 1.54) is 32.1 Å². The molecule has 4 aliphatic rings. The number of carbonyl (C=O) groups is 1. The summed E-state index contributed by atoms with van der Waals surface area (Å²) in [5, 5.41) is 0.982. The molecule has 0 bridgehead atoms. The van der Waals surface area contributed by atoms with E-state index >= 15 is 0 Å². The molecule has 22 heavy (non-hydrogen) atoms. The predicted octanol–water partition coefficient (Wildman–Crippen LogP) is 4.93. The minimum Gasteiger partial charge on any atom is -0.318 e. The number of allylic oxidation sites excluding steroid dienone is 2. The van der Waals surface area contributed by atoms with Gasteiger partial charge in [-0.25, -0.2) is 0 Å². The third kappa shape index (κ3) is 1.82. The molecule has 0 radical (unpaired) electrons. The molecular formula is C19H28ClNO. The van der Waals surface area contributed by atoms with Crippen LogP contribution in [0.25, 0.3) is 0 Å². The summed E-state index contributed by atoms with van der Waals surface area (Å²) in [6.45, 7) is 4.91. The second-order valence-electron chi connectivity index (χ2n) is 8.79. The summed E-state index contributed by atoms with van der Waals surface area (Å²) in [6, 6.07) is 0. The van der Waals surface area contributed by atoms with E-state index in [1.807, 2.05) is 11.9 Å². The van der Waals surface area contributed by atoms with Crippen molar-refractivity contribution in [2.24, 2.45) is 28.6 Å². The molecule has 122 valence electrons. The molecule has 0 aromatic heterocycles. The summed E-state index contributed by atoms with van der Waals surface area (Å²) in [5.74, 6) is 2.55. The molecule has 3 aliphatic carbocycles. The van der Waals surface area contributed by atoms with Crippen LogP contribution in [0.2, 0.25) is 0 Å². The normalized spacial score (nSPS) is 48.1. The van der Waals surface area contributed by atoms with Crippen molar-refractivity contribution in [2.75, 3.05) is 7.05 Å². The smallest absolute Gasteiger partial charge is 0.226 e. The molecule has 1 amide bonds. The molecule has 2 saturated carbocycles. The van der Waals surface area contributed by atoms with Crippen molar-refractivity contribution < 1.29 is 4.79 Å². The van der Waals surface area contributed by atoms with Gasteiger partial charge in [0.25, 0.3) is 0 Å². The molecule has 0 spiro atoms. The standard InChI is InChI=1S/C19H28ClNO/c1-18-8-4-5-13(18)12-11-15(20)17-19(2,14(12)6-9-18)10-7-16(22)21(17)3/h12-14H,4-11H2,1-3H3/t12?,13?,14?,18-,19+/m0/s1. The maximum atomic E-state index is 12.2. The van der Waals surface area contributed by atoms with Gasteiger partial charge in [0.15, 0.2) is 0 Å². The molecule has 1 heterocycles. The monoisotopic (exact) mass is 321 g/mol. The van der Waals surface area contributed by atoms with E-state index < -0.39 is 0 Å². The molecule has 2 nitrogen and oxygen atoms in total. The zero-order valence-corrected chi connectivity index (χ0v) is 14.9. The van der Waals surface area contributed by atoms with E-state index in [0.717, 1.165) is 41.3 Å². The average molecular weight is 322 g/mol. The summed E-state index contributed by atoms with van der Waals surface area (Å²) in [5.41, 5.74) is 1.84. The summed E-state index contributed by atoms with van der Waals surface area (Å²) >= 11 is 6.78. The number of piperidine rings is 1. The van der Waals surface area contributed by atoms with Gasteiger partial charge in [-0.2, -0.15) is 0 Å². The van der Waals surface area contributed by atoms with Gasteiger partial charge in [0.2, 0.25) is 5.91 Å². The van der Waals surface area contributed by atoms with Crippen LogP contribution >= 0.6 is 11.6 Å². The summed E-state index contributed by atoms with van der Waals surface area (Å²) in [4.78, 5) is 14.0. The third-order valence-electron chi connectivity index (χ3n) is 7.82. The topological polar surface area (TPSA) is 20.3 Å². The first-order chi connectivity index (χ1) is 10.4. The first-order valence-electron chi connectivity index (χ1n) is 9.02. The SMILES string of the molecule is CN1C(=O)CC[C@@]2(C)C1=C(Cl)CC1C3CCC[C@@]3(C)CCC12. The molecular weight excluding hydrogens is 294 g/mol. The zero-order valence-electron chi connectivity index (χ0n) is 14.1. The maximum Gasteiger partial charge on any atom is 0.226 e. The Kier molecular flexibility index (Phi) is 3.25. The Balaban J connectivity index is 1.77. The van der Waals surface area contributed by atoms with Crippen LogP contribution in [0.5, 0.6) is 0 Å². The van der Waals surface area contributed by atoms with E-state index in [1.54, 1.807) is 0 Å². The Bertz CT molecular complexity index is 556. The van der Waals surface area contributed by atoms with Crippen molar-refractivity contribution in [3.05, 3.63) is 10.7 Å². The second kappa shape index (κ2) is 4.75. The number of rotatable bonds is 0. The van der Waals surface area contributed by atoms with Crippen LogP contribution in [0.4, 0.5) is 0 Å². The highest BCUT2D eigenvalue weighted by Crippen LogP contribution is 2.65. The van der Waals surface area contributed by atoms with Gasteiger partial charge in [-0.05, 0) is 61.7 Å². The van der Waals surface area contributed by atoms with Gasteiger partial charge >= 0.3 is 0 Å². The molecule has 1 saturated heterocycles. The van der Waals surface area contributed by atoms with Gasteiger partial charge < -0.3 is 4.90 Å². The number of hydrogen-bond donors (Lipinski definition) is 0. The minimum absolute atomic E-state index is 0.118. The van der Waals surface area contributed by atoms with Crippen molar-refractivity contribution in [3.8, 4) is 0 Å². The van der Waals surface area contributed by atoms with Crippen molar-refractivity contribution >= 4 is 17.5 Å². The Morgan fingerprint density at radius 2 is 1.91 bits per heavy atom. The lowest BCUT2D eigenvalue weighted by Gasteiger charge is -2.58. The Morgan fingerprint density at radius 1 is 1.14 bits per heavy atom. The first kappa shape index (κ1) is 15.1. The number of carbonyl (C=O) groups excluding carboxylic acids is 1. The highest BCUT2D eigenvalue weighted by Gasteiger charge is 2.58. The minimum atomic E-state index is 0.118.